The maximum Gasteiger partial charge on any atom is 0.191 e. The van der Waals surface area contributed by atoms with Crippen molar-refractivity contribution in [2.24, 2.45) is 5.92 Å². The Hall–Kier alpha value is -1.79. The van der Waals surface area contributed by atoms with E-state index in [0.717, 1.165) is 25.3 Å². The molecule has 2 bridgehead atoms. The van der Waals surface area contributed by atoms with Gasteiger partial charge in [0, 0.05) is 38.0 Å². The first-order valence-electron chi connectivity index (χ1n) is 9.45. The normalized spacial score (nSPS) is 33.6. The number of halogens is 2. The van der Waals surface area contributed by atoms with E-state index >= 15 is 0 Å². The van der Waals surface area contributed by atoms with Gasteiger partial charge in [-0.2, -0.15) is 0 Å². The molecule has 4 fully saturated rings. The van der Waals surface area contributed by atoms with Gasteiger partial charge < -0.3 is 4.42 Å². The Labute approximate surface area is 151 Å². The summed E-state index contributed by atoms with van der Waals surface area (Å²) in [5.41, 5.74) is 1.43. The quantitative estimate of drug-likeness (QED) is 0.842. The molecule has 4 aliphatic heterocycles. The van der Waals surface area contributed by atoms with Crippen LogP contribution in [0.5, 0.6) is 0 Å². The zero-order valence-electron chi connectivity index (χ0n) is 14.9. The Morgan fingerprint density at radius 3 is 2.73 bits per heavy atom. The molecular formula is C20H23F2N3O. The molecule has 4 saturated heterocycles. The molecule has 138 valence electrons. The topological polar surface area (TPSA) is 32.5 Å². The Bertz CT molecular complexity index is 815. The average molecular weight is 359 g/mol. The summed E-state index contributed by atoms with van der Waals surface area (Å²) in [4.78, 5) is 9.36. The van der Waals surface area contributed by atoms with Crippen LogP contribution in [-0.4, -0.2) is 46.5 Å². The predicted molar refractivity (Wildman–Crippen MR) is 92.6 cm³/mol. The maximum absolute atomic E-state index is 14.6. The van der Waals surface area contributed by atoms with Crippen molar-refractivity contribution >= 4 is 0 Å². The third-order valence-corrected chi connectivity index (χ3v) is 6.51. The molecule has 2 aromatic rings. The van der Waals surface area contributed by atoms with Gasteiger partial charge in [-0.1, -0.05) is 12.1 Å². The monoisotopic (exact) mass is 359 g/mol. The van der Waals surface area contributed by atoms with Gasteiger partial charge in [0.1, 0.15) is 6.26 Å². The fraction of sp³-hybridized carbons (Fsp3) is 0.550. The zero-order valence-corrected chi connectivity index (χ0v) is 14.9. The lowest BCUT2D eigenvalue weighted by Gasteiger charge is -2.51. The number of hydrogen-bond acceptors (Lipinski definition) is 4. The van der Waals surface area contributed by atoms with Gasteiger partial charge >= 0.3 is 0 Å². The van der Waals surface area contributed by atoms with Crippen molar-refractivity contribution in [1.29, 1.82) is 0 Å². The first-order valence-corrected chi connectivity index (χ1v) is 9.45. The Balaban J connectivity index is 1.51. The summed E-state index contributed by atoms with van der Waals surface area (Å²) in [5.74, 6) is -0.151. The molecule has 4 aliphatic rings. The van der Waals surface area contributed by atoms with Crippen LogP contribution in [0.2, 0.25) is 0 Å². The number of hydrogen-bond donors (Lipinski definition) is 0. The molecule has 26 heavy (non-hydrogen) atoms. The van der Waals surface area contributed by atoms with Crippen LogP contribution in [0.1, 0.15) is 35.9 Å². The summed E-state index contributed by atoms with van der Waals surface area (Å²) in [6.07, 6.45) is 4.09. The highest BCUT2D eigenvalue weighted by Crippen LogP contribution is 2.47. The first-order chi connectivity index (χ1) is 12.6. The Kier molecular flexibility index (Phi) is 3.87. The molecule has 6 rings (SSSR count). The van der Waals surface area contributed by atoms with Crippen molar-refractivity contribution in [2.45, 2.75) is 44.3 Å². The largest absolute Gasteiger partial charge is 0.449 e. The summed E-state index contributed by atoms with van der Waals surface area (Å²) in [7, 11) is 0. The summed E-state index contributed by atoms with van der Waals surface area (Å²) < 4.78 is 33.8. The van der Waals surface area contributed by atoms with E-state index in [4.69, 9.17) is 4.42 Å². The first kappa shape index (κ1) is 16.4. The van der Waals surface area contributed by atoms with Crippen LogP contribution in [0, 0.1) is 24.5 Å². The highest BCUT2D eigenvalue weighted by molar-refractivity contribution is 5.29. The van der Waals surface area contributed by atoms with E-state index in [1.807, 2.05) is 6.92 Å². The maximum atomic E-state index is 14.6. The summed E-state index contributed by atoms with van der Waals surface area (Å²) in [6, 6.07) is 5.22. The van der Waals surface area contributed by atoms with E-state index in [0.29, 0.717) is 30.0 Å². The van der Waals surface area contributed by atoms with Crippen LogP contribution in [0.15, 0.2) is 28.9 Å². The van der Waals surface area contributed by atoms with Gasteiger partial charge in [0.2, 0.25) is 0 Å². The predicted octanol–water partition coefficient (Wildman–Crippen LogP) is 3.32. The summed E-state index contributed by atoms with van der Waals surface area (Å²) in [6.45, 7) is 5.41. The Morgan fingerprint density at radius 2 is 2.00 bits per heavy atom. The molecule has 0 N–H and O–H groups in total. The van der Waals surface area contributed by atoms with E-state index in [1.165, 1.54) is 18.9 Å². The number of aromatic nitrogens is 1. The number of benzene rings is 1. The molecule has 6 heteroatoms. The van der Waals surface area contributed by atoms with Crippen LogP contribution in [-0.2, 0) is 6.54 Å². The smallest absolute Gasteiger partial charge is 0.191 e. The standard InChI is InChI=1S/C20H23F2N3O/c1-12-23-14(11-26-12)9-25-10-16(15-3-2-4-17(21)18(15)22)20-19(25)13-5-7-24(20)8-6-13/h2-4,11,13,16,19-20H,5-10H2,1H3/t16-,19+,20+/m0/s1. The molecule has 4 nitrogen and oxygen atoms in total. The van der Waals surface area contributed by atoms with Crippen molar-refractivity contribution in [3.05, 3.63) is 53.2 Å². The number of rotatable bonds is 3. The molecule has 0 saturated carbocycles. The van der Waals surface area contributed by atoms with Crippen molar-refractivity contribution in [3.8, 4) is 0 Å². The van der Waals surface area contributed by atoms with E-state index in [2.05, 4.69) is 14.8 Å². The van der Waals surface area contributed by atoms with Crippen LogP contribution in [0.25, 0.3) is 0 Å². The summed E-state index contributed by atoms with van der Waals surface area (Å²) in [5, 5.41) is 0. The van der Waals surface area contributed by atoms with Gasteiger partial charge in [0.25, 0.3) is 0 Å². The molecular weight excluding hydrogens is 336 g/mol. The third kappa shape index (κ3) is 2.50. The van der Waals surface area contributed by atoms with Gasteiger partial charge in [-0.15, -0.1) is 0 Å². The minimum absolute atomic E-state index is 0.00759. The molecule has 0 spiro atoms. The molecule has 3 atom stereocenters. The number of oxazole rings is 1. The van der Waals surface area contributed by atoms with Crippen molar-refractivity contribution < 1.29 is 13.2 Å². The second-order valence-electron chi connectivity index (χ2n) is 7.89. The van der Waals surface area contributed by atoms with Crippen molar-refractivity contribution in [1.82, 2.24) is 14.8 Å². The fourth-order valence-corrected chi connectivity index (χ4v) is 5.49. The zero-order chi connectivity index (χ0) is 17.8. The molecule has 5 heterocycles. The van der Waals surface area contributed by atoms with Crippen LogP contribution in [0.4, 0.5) is 8.78 Å². The van der Waals surface area contributed by atoms with Gasteiger partial charge in [-0.25, -0.2) is 13.8 Å². The van der Waals surface area contributed by atoms with E-state index in [-0.39, 0.29) is 12.0 Å². The van der Waals surface area contributed by atoms with Gasteiger partial charge in [0.15, 0.2) is 17.5 Å². The highest BCUT2D eigenvalue weighted by Gasteiger charge is 2.53. The lowest BCUT2D eigenvalue weighted by atomic mass is 9.75. The van der Waals surface area contributed by atoms with Gasteiger partial charge in [-0.05, 0) is 43.5 Å². The van der Waals surface area contributed by atoms with Gasteiger partial charge in [-0.3, -0.25) is 9.80 Å². The number of nitrogens with zero attached hydrogens (tertiary/aromatic N) is 3. The number of fused-ring (bicyclic) bond motifs is 2. The molecule has 0 aliphatic carbocycles. The average Bonchev–Trinajstić information content (AvgIpc) is 3.24. The van der Waals surface area contributed by atoms with E-state index in [9.17, 15) is 8.78 Å². The summed E-state index contributed by atoms with van der Waals surface area (Å²) >= 11 is 0. The number of likely N-dealkylation sites (tertiary alicyclic amines) is 1. The minimum Gasteiger partial charge on any atom is -0.449 e. The van der Waals surface area contributed by atoms with Gasteiger partial charge in [0.05, 0.1) is 5.69 Å². The molecule has 0 amide bonds. The van der Waals surface area contributed by atoms with Crippen LogP contribution in [0.3, 0.4) is 0 Å². The molecule has 0 radical (unpaired) electrons. The lowest BCUT2D eigenvalue weighted by molar-refractivity contribution is -0.00917. The van der Waals surface area contributed by atoms with E-state index < -0.39 is 11.6 Å². The highest BCUT2D eigenvalue weighted by atomic mass is 19.2. The van der Waals surface area contributed by atoms with Crippen molar-refractivity contribution in [2.75, 3.05) is 19.6 Å². The van der Waals surface area contributed by atoms with Crippen LogP contribution < -0.4 is 0 Å². The minimum atomic E-state index is -0.749. The van der Waals surface area contributed by atoms with Crippen LogP contribution >= 0.6 is 0 Å². The lowest BCUT2D eigenvalue weighted by Crippen LogP contribution is -2.60. The van der Waals surface area contributed by atoms with E-state index in [1.54, 1.807) is 18.4 Å². The SMILES string of the molecule is Cc1nc(CN2C[C@@H](c3cccc(F)c3F)[C@@H]3[C@H]2C2CCN3CC2)co1. The number of aryl methyl sites for hydroxylation is 1. The van der Waals surface area contributed by atoms with Crippen molar-refractivity contribution in [3.63, 3.8) is 0 Å². The molecule has 1 aromatic carbocycles. The second-order valence-corrected chi connectivity index (χ2v) is 7.89. The fourth-order valence-electron chi connectivity index (χ4n) is 5.49. The third-order valence-electron chi connectivity index (χ3n) is 6.51. The molecule has 0 unspecified atom stereocenters. The molecule has 1 aromatic heterocycles. The number of piperidine rings is 3. The Morgan fingerprint density at radius 1 is 1.19 bits per heavy atom. The second kappa shape index (κ2) is 6.13.